The molecule has 5 aromatic heterocycles. The Bertz CT molecular complexity index is 3130. The fourth-order valence-corrected chi connectivity index (χ4v) is 7.97. The highest BCUT2D eigenvalue weighted by atomic mass is 16.3. The summed E-state index contributed by atoms with van der Waals surface area (Å²) in [6.45, 7) is 0. The lowest BCUT2D eigenvalue weighted by Crippen LogP contribution is -1.96. The lowest BCUT2D eigenvalue weighted by Gasteiger charge is -2.11. The van der Waals surface area contributed by atoms with Crippen molar-refractivity contribution in [2.45, 2.75) is 0 Å². The number of furan rings is 1. The second-order valence-corrected chi connectivity index (χ2v) is 13.0. The zero-order chi connectivity index (χ0) is 33.5. The van der Waals surface area contributed by atoms with Crippen LogP contribution in [0.25, 0.3) is 99.7 Å². The number of hydrogen-bond acceptors (Lipinski definition) is 3. The zero-order valence-electron chi connectivity index (χ0n) is 27.4. The molecule has 0 amide bonds. The van der Waals surface area contributed by atoms with Crippen LogP contribution < -0.4 is 0 Å². The molecule has 11 rings (SSSR count). The minimum Gasteiger partial charge on any atom is -0.453 e. The second kappa shape index (κ2) is 10.8. The van der Waals surface area contributed by atoms with E-state index in [0.29, 0.717) is 11.2 Å². The van der Waals surface area contributed by atoms with E-state index in [2.05, 4.69) is 167 Å². The molecule has 0 saturated carbocycles. The Morgan fingerprint density at radius 3 is 1.59 bits per heavy atom. The van der Waals surface area contributed by atoms with E-state index >= 15 is 0 Å². The molecule has 0 aliphatic carbocycles. The van der Waals surface area contributed by atoms with E-state index in [-0.39, 0.29) is 0 Å². The normalized spacial score (nSPS) is 11.9. The van der Waals surface area contributed by atoms with Gasteiger partial charge in [-0.2, -0.15) is 0 Å². The Morgan fingerprint density at radius 2 is 0.882 bits per heavy atom. The molecule has 5 heteroatoms. The van der Waals surface area contributed by atoms with E-state index in [4.69, 9.17) is 14.4 Å². The molecule has 238 valence electrons. The maximum atomic E-state index is 6.35. The van der Waals surface area contributed by atoms with Crippen LogP contribution in [0.2, 0.25) is 0 Å². The summed E-state index contributed by atoms with van der Waals surface area (Å²) in [4.78, 5) is 10.6. The molecule has 0 spiro atoms. The average molecular weight is 653 g/mol. The van der Waals surface area contributed by atoms with E-state index in [1.807, 2.05) is 12.1 Å². The number of rotatable bonds is 4. The lowest BCUT2D eigenvalue weighted by molar-refractivity contribution is 0.667. The van der Waals surface area contributed by atoms with E-state index in [9.17, 15) is 0 Å². The molecule has 6 aromatic carbocycles. The first-order valence-corrected chi connectivity index (χ1v) is 17.2. The Labute approximate surface area is 292 Å². The predicted molar refractivity (Wildman–Crippen MR) is 209 cm³/mol. The van der Waals surface area contributed by atoms with E-state index in [1.54, 1.807) is 0 Å². The van der Waals surface area contributed by atoms with Gasteiger partial charge in [0.05, 0.1) is 33.5 Å². The summed E-state index contributed by atoms with van der Waals surface area (Å²) in [5.41, 5.74) is 13.6. The highest BCUT2D eigenvalue weighted by molar-refractivity contribution is 6.16. The van der Waals surface area contributed by atoms with Crippen molar-refractivity contribution in [2.75, 3.05) is 0 Å². The summed E-state index contributed by atoms with van der Waals surface area (Å²) in [5.74, 6) is 0. The molecular formula is C46H28N4O. The van der Waals surface area contributed by atoms with Gasteiger partial charge in [0.25, 0.3) is 0 Å². The summed E-state index contributed by atoms with van der Waals surface area (Å²) < 4.78 is 11.0. The Hall–Kier alpha value is -6.98. The molecule has 0 unspecified atom stereocenters. The van der Waals surface area contributed by atoms with Crippen molar-refractivity contribution in [1.29, 1.82) is 0 Å². The van der Waals surface area contributed by atoms with Crippen LogP contribution in [0.5, 0.6) is 0 Å². The van der Waals surface area contributed by atoms with Gasteiger partial charge in [-0.1, -0.05) is 103 Å². The molecule has 5 heterocycles. The molecular weight excluding hydrogens is 625 g/mol. The monoisotopic (exact) mass is 652 g/mol. The third-order valence-corrected chi connectivity index (χ3v) is 10.1. The molecule has 5 nitrogen and oxygen atoms in total. The molecule has 51 heavy (non-hydrogen) atoms. The van der Waals surface area contributed by atoms with Crippen molar-refractivity contribution in [3.63, 3.8) is 0 Å². The molecule has 11 aromatic rings. The van der Waals surface area contributed by atoms with Crippen molar-refractivity contribution in [3.05, 3.63) is 170 Å². The number of benzene rings is 6. The van der Waals surface area contributed by atoms with Crippen LogP contribution >= 0.6 is 0 Å². The molecule has 0 N–H and O–H groups in total. The summed E-state index contributed by atoms with van der Waals surface area (Å²) in [7, 11) is 0. The van der Waals surface area contributed by atoms with Crippen LogP contribution in [-0.2, 0) is 0 Å². The maximum absolute atomic E-state index is 6.35. The lowest BCUT2D eigenvalue weighted by atomic mass is 10.0. The second-order valence-electron chi connectivity index (χ2n) is 13.0. The highest BCUT2D eigenvalue weighted by Gasteiger charge is 2.20. The molecule has 0 radical (unpaired) electrons. The molecule has 0 saturated heterocycles. The van der Waals surface area contributed by atoms with Crippen molar-refractivity contribution < 1.29 is 4.42 Å². The van der Waals surface area contributed by atoms with Gasteiger partial charge in [-0.3, -0.25) is 0 Å². The summed E-state index contributed by atoms with van der Waals surface area (Å²) in [6.07, 6.45) is 0. The number of fused-ring (bicyclic) bond motifs is 9. The van der Waals surface area contributed by atoms with Crippen LogP contribution in [-0.4, -0.2) is 19.1 Å². The summed E-state index contributed by atoms with van der Waals surface area (Å²) in [5, 5.41) is 4.76. The van der Waals surface area contributed by atoms with Crippen LogP contribution in [0, 0.1) is 0 Å². The minimum atomic E-state index is 0.716. The largest absolute Gasteiger partial charge is 0.453 e. The number of para-hydroxylation sites is 5. The van der Waals surface area contributed by atoms with Gasteiger partial charge in [0.1, 0.15) is 11.0 Å². The van der Waals surface area contributed by atoms with Crippen LogP contribution in [0.4, 0.5) is 0 Å². The molecule has 0 bridgehead atoms. The predicted octanol–water partition coefficient (Wildman–Crippen LogP) is 11.9. The van der Waals surface area contributed by atoms with E-state index in [0.717, 1.165) is 67.0 Å². The van der Waals surface area contributed by atoms with Crippen molar-refractivity contribution in [2.24, 2.45) is 0 Å². The summed E-state index contributed by atoms with van der Waals surface area (Å²) >= 11 is 0. The van der Waals surface area contributed by atoms with Crippen LogP contribution in [0.1, 0.15) is 0 Å². The van der Waals surface area contributed by atoms with Crippen LogP contribution in [0.15, 0.2) is 174 Å². The first-order chi connectivity index (χ1) is 25.3. The van der Waals surface area contributed by atoms with Gasteiger partial charge in [-0.15, -0.1) is 0 Å². The molecule has 0 fully saturated rings. The van der Waals surface area contributed by atoms with Crippen molar-refractivity contribution >= 4 is 65.8 Å². The third kappa shape index (κ3) is 4.09. The number of nitrogens with zero attached hydrogens (tertiary/aromatic N) is 4. The first kappa shape index (κ1) is 27.9. The number of hydrogen-bond donors (Lipinski definition) is 0. The standard InChI is InChI=1S/C46H28N4O/c1-3-13-29(14-4-1)49-39-23-10-8-18-35(39)43-33(20-12-24-40(43)49)36-25-27-41-44(47-36)45-42(51-41)28-26-37(48-45)34-21-11-19-32-31-17-7-9-22-38(31)50(46(32)34)30-15-5-2-6-16-30/h1-28H. The van der Waals surface area contributed by atoms with Gasteiger partial charge >= 0.3 is 0 Å². The average Bonchev–Trinajstić information content (AvgIpc) is 3.86. The third-order valence-electron chi connectivity index (χ3n) is 10.1. The maximum Gasteiger partial charge on any atom is 0.155 e. The van der Waals surface area contributed by atoms with Gasteiger partial charge in [-0.25, -0.2) is 9.97 Å². The minimum absolute atomic E-state index is 0.716. The van der Waals surface area contributed by atoms with Gasteiger partial charge in [-0.05, 0) is 66.7 Å². The zero-order valence-corrected chi connectivity index (χ0v) is 27.4. The van der Waals surface area contributed by atoms with Crippen molar-refractivity contribution in [3.8, 4) is 33.9 Å². The Morgan fingerprint density at radius 1 is 0.373 bits per heavy atom. The summed E-state index contributed by atoms with van der Waals surface area (Å²) in [6, 6.07) is 59.5. The highest BCUT2D eigenvalue weighted by Crippen LogP contribution is 2.41. The van der Waals surface area contributed by atoms with Gasteiger partial charge in [0, 0.05) is 44.0 Å². The number of pyridine rings is 2. The molecule has 0 atom stereocenters. The van der Waals surface area contributed by atoms with Crippen LogP contribution in [0.3, 0.4) is 0 Å². The Balaban J connectivity index is 1.14. The molecule has 0 aliphatic rings. The topological polar surface area (TPSA) is 48.8 Å². The SMILES string of the molecule is c1ccc(-n2c3ccccc3c3c(-c4ccc5oc6ccc(-c7cccc8c9ccccc9n(-c9ccccc9)c78)nc6c5n4)cccc32)cc1. The quantitative estimate of drug-likeness (QED) is 0.190. The van der Waals surface area contributed by atoms with Gasteiger partial charge < -0.3 is 13.6 Å². The smallest absolute Gasteiger partial charge is 0.155 e. The van der Waals surface area contributed by atoms with Gasteiger partial charge in [0.15, 0.2) is 11.2 Å². The van der Waals surface area contributed by atoms with Gasteiger partial charge in [0.2, 0.25) is 0 Å². The Kier molecular flexibility index (Phi) is 5.89. The number of aromatic nitrogens is 4. The van der Waals surface area contributed by atoms with E-state index < -0.39 is 0 Å². The van der Waals surface area contributed by atoms with E-state index in [1.165, 1.54) is 21.5 Å². The van der Waals surface area contributed by atoms with Crippen molar-refractivity contribution in [1.82, 2.24) is 19.1 Å². The first-order valence-electron chi connectivity index (χ1n) is 17.2. The fraction of sp³-hybridized carbons (Fsp3) is 0. The molecule has 0 aliphatic heterocycles. The fourth-order valence-electron chi connectivity index (χ4n) is 7.97.